The van der Waals surface area contributed by atoms with Crippen LogP contribution in [0.25, 0.3) is 0 Å². The van der Waals surface area contributed by atoms with E-state index in [1.807, 2.05) is 13.8 Å². The van der Waals surface area contributed by atoms with Gasteiger partial charge < -0.3 is 4.74 Å². The van der Waals surface area contributed by atoms with E-state index in [4.69, 9.17) is 4.74 Å². The second kappa shape index (κ2) is 12.8. The summed E-state index contributed by atoms with van der Waals surface area (Å²) in [6.07, 6.45) is 5.58. The Labute approximate surface area is 121 Å². The number of rotatable bonds is 12. The normalized spacial score (nSPS) is 14.1. The minimum absolute atomic E-state index is 0.0637. The Hall–Kier alpha value is -0.250. The van der Waals surface area contributed by atoms with Gasteiger partial charge in [-0.25, -0.2) is 4.39 Å². The lowest BCUT2D eigenvalue weighted by atomic mass is 10.1. The van der Waals surface area contributed by atoms with Crippen molar-refractivity contribution in [3.63, 3.8) is 0 Å². The number of carbonyl (C=O) groups excluding carboxylic acids is 1. The van der Waals surface area contributed by atoms with E-state index in [2.05, 4.69) is 6.92 Å². The molecule has 0 spiro atoms. The van der Waals surface area contributed by atoms with Crippen molar-refractivity contribution in [2.75, 3.05) is 12.4 Å². The van der Waals surface area contributed by atoms with Crippen LogP contribution in [0.15, 0.2) is 0 Å². The number of halogens is 1. The van der Waals surface area contributed by atoms with Gasteiger partial charge >= 0.3 is 5.97 Å². The van der Waals surface area contributed by atoms with Crippen molar-refractivity contribution in [3.8, 4) is 0 Å². The monoisotopic (exact) mass is 292 g/mol. The fraction of sp³-hybridized carbons (Fsp3) is 0.933. The number of esters is 1. The van der Waals surface area contributed by atoms with E-state index in [1.54, 1.807) is 11.8 Å². The number of thioether (sulfide) groups is 1. The maximum Gasteiger partial charge on any atom is 0.319 e. The van der Waals surface area contributed by atoms with E-state index in [9.17, 15) is 9.18 Å². The van der Waals surface area contributed by atoms with E-state index in [0.29, 0.717) is 19.4 Å². The van der Waals surface area contributed by atoms with Crippen LogP contribution in [0.3, 0.4) is 0 Å². The number of carbonyl (C=O) groups is 1. The SMILES string of the molecule is CCCCCC(SCCCC(F)CC)C(=O)OCC. The molecule has 0 fully saturated rings. The lowest BCUT2D eigenvalue weighted by Crippen LogP contribution is -2.21. The van der Waals surface area contributed by atoms with Crippen LogP contribution >= 0.6 is 11.8 Å². The predicted octanol–water partition coefficient (Wildman–Crippen LogP) is 4.76. The summed E-state index contributed by atoms with van der Waals surface area (Å²) in [6, 6.07) is 0. The van der Waals surface area contributed by atoms with Crippen molar-refractivity contribution in [3.05, 3.63) is 0 Å². The molecular weight excluding hydrogens is 263 g/mol. The van der Waals surface area contributed by atoms with Gasteiger partial charge in [-0.2, -0.15) is 0 Å². The van der Waals surface area contributed by atoms with Crippen LogP contribution in [-0.4, -0.2) is 29.8 Å². The first-order valence-corrected chi connectivity index (χ1v) is 8.62. The van der Waals surface area contributed by atoms with Crippen molar-refractivity contribution in [1.29, 1.82) is 0 Å². The first-order valence-electron chi connectivity index (χ1n) is 7.57. The number of hydrogen-bond acceptors (Lipinski definition) is 3. The van der Waals surface area contributed by atoms with Crippen molar-refractivity contribution >= 4 is 17.7 Å². The van der Waals surface area contributed by atoms with E-state index in [-0.39, 0.29) is 11.2 Å². The lowest BCUT2D eigenvalue weighted by Gasteiger charge is -2.15. The van der Waals surface area contributed by atoms with Crippen LogP contribution in [0.1, 0.15) is 65.7 Å². The third-order valence-electron chi connectivity index (χ3n) is 3.04. The van der Waals surface area contributed by atoms with E-state index < -0.39 is 6.17 Å². The zero-order valence-corrected chi connectivity index (χ0v) is 13.4. The second-order valence-electron chi connectivity index (χ2n) is 4.76. The van der Waals surface area contributed by atoms with Gasteiger partial charge in [-0.05, 0) is 38.4 Å². The van der Waals surface area contributed by atoms with E-state index in [0.717, 1.165) is 37.9 Å². The molecule has 4 heteroatoms. The molecule has 0 aromatic carbocycles. The predicted molar refractivity (Wildman–Crippen MR) is 81.4 cm³/mol. The Bertz CT molecular complexity index is 224. The Morgan fingerprint density at radius 3 is 2.47 bits per heavy atom. The van der Waals surface area contributed by atoms with E-state index >= 15 is 0 Å². The molecule has 0 saturated carbocycles. The van der Waals surface area contributed by atoms with E-state index in [1.165, 1.54) is 0 Å². The quantitative estimate of drug-likeness (QED) is 0.383. The van der Waals surface area contributed by atoms with Crippen LogP contribution in [-0.2, 0) is 9.53 Å². The van der Waals surface area contributed by atoms with Gasteiger partial charge in [0.2, 0.25) is 0 Å². The van der Waals surface area contributed by atoms with Gasteiger partial charge in [-0.15, -0.1) is 11.8 Å². The first kappa shape index (κ1) is 18.8. The highest BCUT2D eigenvalue weighted by atomic mass is 32.2. The molecule has 0 amide bonds. The zero-order valence-electron chi connectivity index (χ0n) is 12.6. The highest BCUT2D eigenvalue weighted by molar-refractivity contribution is 8.00. The molecule has 0 radical (unpaired) electrons. The molecule has 0 aliphatic heterocycles. The molecule has 0 rings (SSSR count). The molecular formula is C15H29FO2S. The maximum atomic E-state index is 13.1. The molecule has 0 aliphatic carbocycles. The molecule has 0 saturated heterocycles. The van der Waals surface area contributed by atoms with Gasteiger partial charge in [0.25, 0.3) is 0 Å². The fourth-order valence-corrected chi connectivity index (χ4v) is 2.97. The van der Waals surface area contributed by atoms with Crippen LogP contribution in [0.2, 0.25) is 0 Å². The molecule has 114 valence electrons. The van der Waals surface area contributed by atoms with Gasteiger partial charge in [-0.3, -0.25) is 4.79 Å². The third-order valence-corrected chi connectivity index (χ3v) is 4.40. The average molecular weight is 292 g/mol. The zero-order chi connectivity index (χ0) is 14.5. The number of hydrogen-bond donors (Lipinski definition) is 0. The molecule has 0 heterocycles. The largest absolute Gasteiger partial charge is 0.465 e. The molecule has 0 aliphatic rings. The minimum Gasteiger partial charge on any atom is -0.465 e. The molecule has 0 bridgehead atoms. The lowest BCUT2D eigenvalue weighted by molar-refractivity contribution is -0.142. The Morgan fingerprint density at radius 2 is 1.89 bits per heavy atom. The van der Waals surface area contributed by atoms with Gasteiger partial charge in [0.1, 0.15) is 5.25 Å². The van der Waals surface area contributed by atoms with Gasteiger partial charge in [0.15, 0.2) is 0 Å². The standard InChI is InChI=1S/C15H29FO2S/c1-4-7-8-11-14(15(17)18-6-3)19-12-9-10-13(16)5-2/h13-14H,4-12H2,1-3H3. The summed E-state index contributed by atoms with van der Waals surface area (Å²) in [7, 11) is 0. The summed E-state index contributed by atoms with van der Waals surface area (Å²) in [5.74, 6) is 0.742. The van der Waals surface area contributed by atoms with Crippen molar-refractivity contribution in [2.24, 2.45) is 0 Å². The van der Waals surface area contributed by atoms with Crippen LogP contribution in [0.4, 0.5) is 4.39 Å². The topological polar surface area (TPSA) is 26.3 Å². The summed E-state index contributed by atoms with van der Waals surface area (Å²) in [5.41, 5.74) is 0. The highest BCUT2D eigenvalue weighted by Gasteiger charge is 2.19. The highest BCUT2D eigenvalue weighted by Crippen LogP contribution is 2.22. The number of alkyl halides is 1. The van der Waals surface area contributed by atoms with Crippen LogP contribution in [0.5, 0.6) is 0 Å². The number of ether oxygens (including phenoxy) is 1. The minimum atomic E-state index is -0.693. The third kappa shape index (κ3) is 10.2. The molecule has 2 unspecified atom stereocenters. The van der Waals surface area contributed by atoms with Gasteiger partial charge in [-0.1, -0.05) is 33.1 Å². The molecule has 0 N–H and O–H groups in total. The van der Waals surface area contributed by atoms with Crippen LogP contribution < -0.4 is 0 Å². The van der Waals surface area contributed by atoms with Crippen molar-refractivity contribution < 1.29 is 13.9 Å². The van der Waals surface area contributed by atoms with Crippen molar-refractivity contribution in [2.45, 2.75) is 77.1 Å². The maximum absolute atomic E-state index is 13.1. The smallest absolute Gasteiger partial charge is 0.319 e. The van der Waals surface area contributed by atoms with Gasteiger partial charge in [0.05, 0.1) is 12.8 Å². The Morgan fingerprint density at radius 1 is 1.16 bits per heavy atom. The Kier molecular flexibility index (Phi) is 12.6. The average Bonchev–Trinajstić information content (AvgIpc) is 2.41. The number of unbranched alkanes of at least 4 members (excludes halogenated alkanes) is 2. The molecule has 2 nitrogen and oxygen atoms in total. The first-order chi connectivity index (χ1) is 9.15. The fourth-order valence-electron chi connectivity index (χ4n) is 1.82. The van der Waals surface area contributed by atoms with Crippen LogP contribution in [0, 0.1) is 0 Å². The van der Waals surface area contributed by atoms with Gasteiger partial charge in [0, 0.05) is 0 Å². The summed E-state index contributed by atoms with van der Waals surface area (Å²) in [4.78, 5) is 11.8. The molecule has 0 aromatic heterocycles. The molecule has 19 heavy (non-hydrogen) atoms. The summed E-state index contributed by atoms with van der Waals surface area (Å²) < 4.78 is 18.2. The summed E-state index contributed by atoms with van der Waals surface area (Å²) >= 11 is 1.63. The summed E-state index contributed by atoms with van der Waals surface area (Å²) in [5, 5.41) is -0.0637. The second-order valence-corrected chi connectivity index (χ2v) is 6.07. The summed E-state index contributed by atoms with van der Waals surface area (Å²) in [6.45, 7) is 6.29. The molecule has 0 aromatic rings. The Balaban J connectivity index is 3.93. The molecule has 2 atom stereocenters. The van der Waals surface area contributed by atoms with Crippen molar-refractivity contribution in [1.82, 2.24) is 0 Å².